The third kappa shape index (κ3) is 5.26. The van der Waals surface area contributed by atoms with E-state index in [0.29, 0.717) is 23.1 Å². The smallest absolute Gasteiger partial charge is 0.287 e. The monoisotopic (exact) mass is 489 g/mol. The van der Waals surface area contributed by atoms with Crippen LogP contribution in [0, 0.1) is 5.92 Å². The maximum absolute atomic E-state index is 13.7. The zero-order chi connectivity index (χ0) is 24.7. The second-order valence-corrected chi connectivity index (χ2v) is 10.7. The number of anilines is 1. The van der Waals surface area contributed by atoms with Crippen LogP contribution in [0.1, 0.15) is 79.1 Å². The van der Waals surface area contributed by atoms with Gasteiger partial charge >= 0.3 is 0 Å². The quantitative estimate of drug-likeness (QED) is 0.422. The predicted molar refractivity (Wildman–Crippen MR) is 128 cm³/mol. The highest BCUT2D eigenvalue weighted by Gasteiger charge is 2.29. The summed E-state index contributed by atoms with van der Waals surface area (Å²) in [6.07, 6.45) is 3.88. The van der Waals surface area contributed by atoms with E-state index in [1.807, 2.05) is 0 Å². The van der Waals surface area contributed by atoms with E-state index >= 15 is 0 Å². The molecule has 4 rings (SSSR count). The molecule has 0 saturated heterocycles. The molecule has 0 spiro atoms. The Labute approximate surface area is 201 Å². The molecule has 2 heterocycles. The van der Waals surface area contributed by atoms with Gasteiger partial charge in [0, 0.05) is 30.7 Å². The fourth-order valence-electron chi connectivity index (χ4n) is 4.36. The van der Waals surface area contributed by atoms with Crippen molar-refractivity contribution in [1.82, 2.24) is 9.97 Å². The maximum atomic E-state index is 13.7. The molecule has 1 aliphatic carbocycles. The standard InChI is InChI=1S/C25H29F2N3O3S/c1-24(2,33)16-11-19-20(34-23(30-19)15-9-7-14(13-31)8-10-15)12-18(16)29-22(32)17-5-4-6-21(28-17)25(3,26)27/h4-6,11-12,14-15,31,33H,7-10,13H2,1-3H3,(H,29,32)/t14-,15-. The van der Waals surface area contributed by atoms with Crippen molar-refractivity contribution < 1.29 is 23.8 Å². The molecule has 0 atom stereocenters. The number of alkyl halides is 2. The minimum atomic E-state index is -3.16. The van der Waals surface area contributed by atoms with Crippen molar-refractivity contribution in [2.45, 2.75) is 63.9 Å². The molecule has 1 saturated carbocycles. The van der Waals surface area contributed by atoms with Crippen LogP contribution in [0.2, 0.25) is 0 Å². The lowest BCUT2D eigenvalue weighted by Crippen LogP contribution is -2.22. The van der Waals surface area contributed by atoms with Crippen molar-refractivity contribution >= 4 is 33.1 Å². The number of amides is 1. The first kappa shape index (κ1) is 24.6. The summed E-state index contributed by atoms with van der Waals surface area (Å²) in [7, 11) is 0. The second-order valence-electron chi connectivity index (χ2n) is 9.63. The van der Waals surface area contributed by atoms with Gasteiger partial charge in [-0.3, -0.25) is 4.79 Å². The molecule has 1 amide bonds. The van der Waals surface area contributed by atoms with E-state index in [4.69, 9.17) is 4.98 Å². The Bertz CT molecular complexity index is 1190. The number of pyridine rings is 1. The molecule has 6 nitrogen and oxygen atoms in total. The average Bonchev–Trinajstić information content (AvgIpc) is 3.20. The van der Waals surface area contributed by atoms with Gasteiger partial charge in [0.2, 0.25) is 0 Å². The molecule has 3 N–H and O–H groups in total. The highest BCUT2D eigenvalue weighted by Crippen LogP contribution is 2.41. The Balaban J connectivity index is 1.66. The molecule has 0 aliphatic heterocycles. The number of aromatic nitrogens is 2. The van der Waals surface area contributed by atoms with Gasteiger partial charge in [0.25, 0.3) is 11.8 Å². The first-order chi connectivity index (χ1) is 16.0. The number of benzene rings is 1. The summed E-state index contributed by atoms with van der Waals surface area (Å²) >= 11 is 1.55. The van der Waals surface area contributed by atoms with Crippen molar-refractivity contribution in [2.24, 2.45) is 5.92 Å². The number of rotatable bonds is 6. The van der Waals surface area contributed by atoms with Crippen LogP contribution in [-0.2, 0) is 11.5 Å². The van der Waals surface area contributed by atoms with Crippen LogP contribution in [0.4, 0.5) is 14.5 Å². The first-order valence-corrected chi connectivity index (χ1v) is 12.2. The van der Waals surface area contributed by atoms with Crippen molar-refractivity contribution in [1.29, 1.82) is 0 Å². The zero-order valence-electron chi connectivity index (χ0n) is 19.4. The van der Waals surface area contributed by atoms with E-state index in [0.717, 1.165) is 47.8 Å². The van der Waals surface area contributed by atoms with Crippen molar-refractivity contribution in [2.75, 3.05) is 11.9 Å². The van der Waals surface area contributed by atoms with Gasteiger partial charge in [-0.05, 0) is 69.7 Å². The largest absolute Gasteiger partial charge is 0.396 e. The third-order valence-electron chi connectivity index (χ3n) is 6.34. The Morgan fingerprint density at radius 2 is 1.85 bits per heavy atom. The fraction of sp³-hybridized carbons (Fsp3) is 0.480. The SMILES string of the molecule is CC(C)(O)c1cc2nc([C@H]3CC[C@H](CO)CC3)sc2cc1NC(=O)c1cccc(C(C)(F)F)n1. The number of hydrogen-bond acceptors (Lipinski definition) is 6. The fourth-order valence-corrected chi connectivity index (χ4v) is 5.52. The third-order valence-corrected chi connectivity index (χ3v) is 7.52. The molecular weight excluding hydrogens is 460 g/mol. The normalized spacial score (nSPS) is 19.4. The van der Waals surface area contributed by atoms with Crippen LogP contribution < -0.4 is 5.32 Å². The van der Waals surface area contributed by atoms with Gasteiger partial charge in [-0.25, -0.2) is 9.97 Å². The molecule has 3 aromatic rings. The average molecular weight is 490 g/mol. The highest BCUT2D eigenvalue weighted by atomic mass is 32.1. The van der Waals surface area contributed by atoms with Gasteiger partial charge in [0.15, 0.2) is 0 Å². The van der Waals surface area contributed by atoms with Crippen molar-refractivity contribution in [3.8, 4) is 0 Å². The van der Waals surface area contributed by atoms with Crippen molar-refractivity contribution in [3.63, 3.8) is 0 Å². The van der Waals surface area contributed by atoms with E-state index in [-0.39, 0.29) is 12.3 Å². The topological polar surface area (TPSA) is 95.3 Å². The van der Waals surface area contributed by atoms with Crippen LogP contribution >= 0.6 is 11.3 Å². The lowest BCUT2D eigenvalue weighted by atomic mass is 9.83. The number of hydrogen-bond donors (Lipinski definition) is 3. The van der Waals surface area contributed by atoms with Gasteiger partial charge < -0.3 is 15.5 Å². The Morgan fingerprint density at radius 1 is 1.15 bits per heavy atom. The number of nitrogens with zero attached hydrogens (tertiary/aromatic N) is 2. The molecular formula is C25H29F2N3O3S. The molecule has 0 unspecified atom stereocenters. The van der Waals surface area contributed by atoms with Gasteiger partial charge in [0.1, 0.15) is 11.4 Å². The first-order valence-electron chi connectivity index (χ1n) is 11.4. The second kappa shape index (κ2) is 9.28. The minimum Gasteiger partial charge on any atom is -0.396 e. The van der Waals surface area contributed by atoms with E-state index in [2.05, 4.69) is 10.3 Å². The number of thiazole rings is 1. The van der Waals surface area contributed by atoms with E-state index in [9.17, 15) is 23.8 Å². The lowest BCUT2D eigenvalue weighted by molar-refractivity contribution is 0.0126. The zero-order valence-corrected chi connectivity index (χ0v) is 20.3. The molecule has 34 heavy (non-hydrogen) atoms. The molecule has 182 valence electrons. The summed E-state index contributed by atoms with van der Waals surface area (Å²) in [4.78, 5) is 21.5. The Hall–Kier alpha value is -2.49. The maximum Gasteiger partial charge on any atom is 0.287 e. The molecule has 1 aromatic carbocycles. The summed E-state index contributed by atoms with van der Waals surface area (Å²) in [5.41, 5.74) is -0.283. The molecule has 9 heteroatoms. The number of carbonyl (C=O) groups is 1. The van der Waals surface area contributed by atoms with Crippen LogP contribution in [0.15, 0.2) is 30.3 Å². The molecule has 0 radical (unpaired) electrons. The number of fused-ring (bicyclic) bond motifs is 1. The molecule has 0 bridgehead atoms. The van der Waals surface area contributed by atoms with Gasteiger partial charge in [0.05, 0.1) is 20.8 Å². The van der Waals surface area contributed by atoms with Crippen LogP contribution in [0.3, 0.4) is 0 Å². The molecule has 2 aromatic heterocycles. The number of aliphatic hydroxyl groups is 2. The van der Waals surface area contributed by atoms with Gasteiger partial charge in [-0.15, -0.1) is 11.3 Å². The predicted octanol–water partition coefficient (Wildman–Crippen LogP) is 5.55. The summed E-state index contributed by atoms with van der Waals surface area (Å²) in [5, 5.41) is 23.9. The van der Waals surface area contributed by atoms with Crippen molar-refractivity contribution in [3.05, 3.63) is 52.3 Å². The Kier molecular flexibility index (Phi) is 6.72. The van der Waals surface area contributed by atoms with Crippen LogP contribution in [0.5, 0.6) is 0 Å². The van der Waals surface area contributed by atoms with Gasteiger partial charge in [-0.1, -0.05) is 6.07 Å². The summed E-state index contributed by atoms with van der Waals surface area (Å²) < 4.78 is 28.2. The highest BCUT2D eigenvalue weighted by molar-refractivity contribution is 7.18. The van der Waals surface area contributed by atoms with Crippen LogP contribution in [0.25, 0.3) is 10.2 Å². The molecule has 1 aliphatic rings. The summed E-state index contributed by atoms with van der Waals surface area (Å²) in [6.45, 7) is 4.18. The number of carbonyl (C=O) groups excluding carboxylic acids is 1. The van der Waals surface area contributed by atoms with Gasteiger partial charge in [-0.2, -0.15) is 8.78 Å². The number of aliphatic hydroxyl groups excluding tert-OH is 1. The lowest BCUT2D eigenvalue weighted by Gasteiger charge is -2.25. The van der Waals surface area contributed by atoms with E-state index in [1.165, 1.54) is 18.2 Å². The summed E-state index contributed by atoms with van der Waals surface area (Å²) in [6, 6.07) is 7.47. The van der Waals surface area contributed by atoms with Crippen LogP contribution in [-0.4, -0.2) is 32.7 Å². The minimum absolute atomic E-state index is 0.133. The number of nitrogens with one attached hydrogen (secondary N) is 1. The van der Waals surface area contributed by atoms with E-state index in [1.54, 1.807) is 37.3 Å². The summed E-state index contributed by atoms with van der Waals surface area (Å²) in [5.74, 6) is -3.12. The Morgan fingerprint density at radius 3 is 2.47 bits per heavy atom. The van der Waals surface area contributed by atoms with E-state index < -0.39 is 23.1 Å². The molecule has 1 fully saturated rings. The number of halogens is 2.